The largest absolute Gasteiger partial charge is 0.329 e. The summed E-state index contributed by atoms with van der Waals surface area (Å²) in [6, 6.07) is 16.0. The second-order valence-electron chi connectivity index (χ2n) is 9.40. The monoisotopic (exact) mass is 458 g/mol. The SMILES string of the molecule is CCCCc1c(C=O)n(C(C)(C)C)c(=O)n1Cc1ccc(-c2ccccc2-n2cnnn2)cc1. The number of aldehydes is 1. The molecule has 2 aromatic heterocycles. The molecule has 0 aliphatic rings. The first-order valence-corrected chi connectivity index (χ1v) is 11.6. The van der Waals surface area contributed by atoms with E-state index in [1.807, 2.05) is 69.3 Å². The number of unbranched alkanes of at least 4 members (excludes halogenated alkanes) is 1. The van der Waals surface area contributed by atoms with Crippen molar-refractivity contribution < 1.29 is 4.79 Å². The van der Waals surface area contributed by atoms with E-state index in [4.69, 9.17) is 0 Å². The number of hydrogen-bond donors (Lipinski definition) is 0. The van der Waals surface area contributed by atoms with Crippen molar-refractivity contribution >= 4 is 6.29 Å². The number of nitrogens with zero attached hydrogens (tertiary/aromatic N) is 6. The number of para-hydroxylation sites is 1. The topological polar surface area (TPSA) is 87.6 Å². The minimum atomic E-state index is -0.483. The molecular formula is C26H30N6O2. The van der Waals surface area contributed by atoms with Crippen molar-refractivity contribution in [3.8, 4) is 16.8 Å². The highest BCUT2D eigenvalue weighted by atomic mass is 16.2. The minimum absolute atomic E-state index is 0.145. The third-order valence-corrected chi connectivity index (χ3v) is 5.94. The number of imidazole rings is 1. The molecule has 0 aliphatic heterocycles. The van der Waals surface area contributed by atoms with Crippen LogP contribution in [0.15, 0.2) is 59.7 Å². The highest BCUT2D eigenvalue weighted by Crippen LogP contribution is 2.27. The summed E-state index contributed by atoms with van der Waals surface area (Å²) in [5.41, 5.74) is 4.57. The smallest absolute Gasteiger partial charge is 0.296 e. The number of hydrogen-bond acceptors (Lipinski definition) is 5. The molecule has 176 valence electrons. The minimum Gasteiger partial charge on any atom is -0.296 e. The summed E-state index contributed by atoms with van der Waals surface area (Å²) in [7, 11) is 0. The molecule has 0 saturated carbocycles. The Hall–Kier alpha value is -3.81. The maximum absolute atomic E-state index is 13.4. The van der Waals surface area contributed by atoms with Crippen LogP contribution in [0, 0.1) is 0 Å². The van der Waals surface area contributed by atoms with Crippen molar-refractivity contribution in [2.45, 2.75) is 59.0 Å². The molecular weight excluding hydrogens is 428 g/mol. The van der Waals surface area contributed by atoms with E-state index in [2.05, 4.69) is 22.4 Å². The van der Waals surface area contributed by atoms with Crippen molar-refractivity contribution in [2.24, 2.45) is 0 Å². The van der Waals surface area contributed by atoms with Crippen molar-refractivity contribution in [3.05, 3.63) is 82.3 Å². The van der Waals surface area contributed by atoms with Crippen LogP contribution in [-0.2, 0) is 18.5 Å². The Morgan fingerprint density at radius 1 is 1.03 bits per heavy atom. The standard InChI is InChI=1S/C26H30N6O2/c1-5-6-10-23-24(17-33)32(26(2,3)4)25(34)30(23)16-19-12-14-20(15-13-19)21-9-7-8-11-22(21)31-18-27-28-29-31/h7-9,11-15,17-18H,5-6,10,16H2,1-4H3. The second kappa shape index (κ2) is 9.59. The molecule has 0 atom stereocenters. The van der Waals surface area contributed by atoms with E-state index in [-0.39, 0.29) is 5.69 Å². The van der Waals surface area contributed by atoms with Gasteiger partial charge in [0.05, 0.1) is 17.9 Å². The normalized spacial score (nSPS) is 11.6. The van der Waals surface area contributed by atoms with E-state index < -0.39 is 5.54 Å². The number of rotatable bonds is 8. The van der Waals surface area contributed by atoms with Gasteiger partial charge in [-0.15, -0.1) is 5.10 Å². The molecule has 8 nitrogen and oxygen atoms in total. The fourth-order valence-electron chi connectivity index (χ4n) is 4.31. The highest BCUT2D eigenvalue weighted by Gasteiger charge is 2.26. The molecule has 0 unspecified atom stereocenters. The zero-order valence-electron chi connectivity index (χ0n) is 20.1. The van der Waals surface area contributed by atoms with Gasteiger partial charge in [-0.2, -0.15) is 4.68 Å². The van der Waals surface area contributed by atoms with E-state index in [0.717, 1.165) is 47.2 Å². The number of carbonyl (C=O) groups is 1. The summed E-state index contributed by atoms with van der Waals surface area (Å²) in [6.07, 6.45) is 5.00. The predicted molar refractivity (Wildman–Crippen MR) is 131 cm³/mol. The first kappa shape index (κ1) is 23.4. The lowest BCUT2D eigenvalue weighted by molar-refractivity contribution is 0.110. The van der Waals surface area contributed by atoms with Gasteiger partial charge >= 0.3 is 5.69 Å². The maximum Gasteiger partial charge on any atom is 0.329 e. The average molecular weight is 459 g/mol. The van der Waals surface area contributed by atoms with Gasteiger partial charge in [0.25, 0.3) is 0 Å². The number of tetrazole rings is 1. The van der Waals surface area contributed by atoms with Gasteiger partial charge < -0.3 is 0 Å². The highest BCUT2D eigenvalue weighted by molar-refractivity contribution is 5.74. The lowest BCUT2D eigenvalue weighted by Gasteiger charge is -2.21. The summed E-state index contributed by atoms with van der Waals surface area (Å²) in [5.74, 6) is 0. The molecule has 34 heavy (non-hydrogen) atoms. The average Bonchev–Trinajstić information content (AvgIpc) is 3.45. The van der Waals surface area contributed by atoms with Crippen molar-refractivity contribution in [3.63, 3.8) is 0 Å². The Balaban J connectivity index is 1.71. The predicted octanol–water partition coefficient (Wildman–Crippen LogP) is 4.25. The zero-order chi connectivity index (χ0) is 24.3. The Morgan fingerprint density at radius 2 is 1.76 bits per heavy atom. The Morgan fingerprint density at radius 3 is 2.38 bits per heavy atom. The molecule has 0 aliphatic carbocycles. The molecule has 2 heterocycles. The molecule has 8 heteroatoms. The van der Waals surface area contributed by atoms with Crippen LogP contribution in [0.3, 0.4) is 0 Å². The third kappa shape index (κ3) is 4.48. The lowest BCUT2D eigenvalue weighted by Crippen LogP contribution is -2.36. The van der Waals surface area contributed by atoms with Crippen LogP contribution in [0.5, 0.6) is 0 Å². The van der Waals surface area contributed by atoms with Crippen LogP contribution < -0.4 is 5.69 Å². The first-order chi connectivity index (χ1) is 16.3. The van der Waals surface area contributed by atoms with Crippen LogP contribution >= 0.6 is 0 Å². The van der Waals surface area contributed by atoms with Gasteiger partial charge in [-0.25, -0.2) is 4.79 Å². The van der Waals surface area contributed by atoms with Crippen molar-refractivity contribution in [1.82, 2.24) is 29.3 Å². The van der Waals surface area contributed by atoms with Crippen LogP contribution in [0.2, 0.25) is 0 Å². The first-order valence-electron chi connectivity index (χ1n) is 11.6. The number of carbonyl (C=O) groups excluding carboxylic acids is 1. The van der Waals surface area contributed by atoms with Gasteiger partial charge in [0.15, 0.2) is 6.29 Å². The molecule has 0 radical (unpaired) electrons. The van der Waals surface area contributed by atoms with Gasteiger partial charge in [0.1, 0.15) is 12.0 Å². The molecule has 0 fully saturated rings. The molecule has 0 bridgehead atoms. The summed E-state index contributed by atoms with van der Waals surface area (Å²) in [4.78, 5) is 25.4. The van der Waals surface area contributed by atoms with Crippen LogP contribution in [0.4, 0.5) is 0 Å². The zero-order valence-corrected chi connectivity index (χ0v) is 20.1. The van der Waals surface area contributed by atoms with E-state index in [0.29, 0.717) is 18.7 Å². The van der Waals surface area contributed by atoms with Gasteiger partial charge in [0.2, 0.25) is 0 Å². The van der Waals surface area contributed by atoms with E-state index in [9.17, 15) is 9.59 Å². The molecule has 4 aromatic rings. The molecule has 0 spiro atoms. The molecule has 0 N–H and O–H groups in total. The molecule has 0 saturated heterocycles. The summed E-state index contributed by atoms with van der Waals surface area (Å²) >= 11 is 0. The summed E-state index contributed by atoms with van der Waals surface area (Å²) < 4.78 is 5.02. The molecule has 0 amide bonds. The van der Waals surface area contributed by atoms with Gasteiger partial charge in [-0.05, 0) is 61.2 Å². The fraction of sp³-hybridized carbons (Fsp3) is 0.346. The van der Waals surface area contributed by atoms with Gasteiger partial charge in [-0.1, -0.05) is 55.8 Å². The van der Waals surface area contributed by atoms with Crippen molar-refractivity contribution in [2.75, 3.05) is 0 Å². The third-order valence-electron chi connectivity index (χ3n) is 5.94. The molecule has 4 rings (SSSR count). The van der Waals surface area contributed by atoms with E-state index in [1.54, 1.807) is 20.1 Å². The van der Waals surface area contributed by atoms with Gasteiger partial charge in [0, 0.05) is 11.1 Å². The quantitative estimate of drug-likeness (QED) is 0.368. The lowest BCUT2D eigenvalue weighted by atomic mass is 10.0. The van der Waals surface area contributed by atoms with E-state index in [1.165, 1.54) is 0 Å². The van der Waals surface area contributed by atoms with Crippen LogP contribution in [0.1, 0.15) is 62.3 Å². The van der Waals surface area contributed by atoms with Crippen LogP contribution in [0.25, 0.3) is 16.8 Å². The Kier molecular flexibility index (Phi) is 6.58. The summed E-state index contributed by atoms with van der Waals surface area (Å²) in [6.45, 7) is 8.37. The van der Waals surface area contributed by atoms with Crippen molar-refractivity contribution in [1.29, 1.82) is 0 Å². The molecule has 2 aromatic carbocycles. The maximum atomic E-state index is 13.4. The second-order valence-corrected chi connectivity index (χ2v) is 9.40. The fourth-order valence-corrected chi connectivity index (χ4v) is 4.31. The number of benzene rings is 2. The van der Waals surface area contributed by atoms with Crippen LogP contribution in [-0.4, -0.2) is 35.6 Å². The summed E-state index contributed by atoms with van der Waals surface area (Å²) in [5, 5.41) is 11.5. The number of aromatic nitrogens is 6. The Labute approximate surface area is 198 Å². The Bertz CT molecular complexity index is 1330. The van der Waals surface area contributed by atoms with E-state index >= 15 is 0 Å². The van der Waals surface area contributed by atoms with Gasteiger partial charge in [-0.3, -0.25) is 13.9 Å².